The fraction of sp³-hybridized carbons (Fsp3) is 0.300. The molecule has 2 aromatic rings. The highest BCUT2D eigenvalue weighted by Crippen LogP contribution is 2.29. The van der Waals surface area contributed by atoms with Crippen LogP contribution in [-0.4, -0.2) is 31.6 Å². The lowest BCUT2D eigenvalue weighted by atomic mass is 10.1. The van der Waals surface area contributed by atoms with Crippen LogP contribution in [0.3, 0.4) is 0 Å². The summed E-state index contributed by atoms with van der Waals surface area (Å²) in [5, 5.41) is 5.62. The summed E-state index contributed by atoms with van der Waals surface area (Å²) in [5.41, 5.74) is 2.10. The number of benzene rings is 2. The van der Waals surface area contributed by atoms with Gasteiger partial charge < -0.3 is 20.1 Å². The standard InChI is InChI=1S/C20H23BrN2O4/c1-12(2)22-19(24)11-27-17-8-5-14(10-18(17)26-4)20(25)23-16-7-6-15(21)9-13(16)3/h5-10,12H,11H2,1-4H3,(H,22,24)(H,23,25). The van der Waals surface area contributed by atoms with Crippen LogP contribution < -0.4 is 20.1 Å². The van der Waals surface area contributed by atoms with Crippen molar-refractivity contribution in [3.8, 4) is 11.5 Å². The van der Waals surface area contributed by atoms with Crippen molar-refractivity contribution in [3.05, 3.63) is 52.0 Å². The van der Waals surface area contributed by atoms with Crippen LogP contribution in [0.15, 0.2) is 40.9 Å². The van der Waals surface area contributed by atoms with Gasteiger partial charge in [-0.25, -0.2) is 0 Å². The van der Waals surface area contributed by atoms with Gasteiger partial charge in [-0.05, 0) is 62.7 Å². The number of rotatable bonds is 7. The molecule has 0 aliphatic rings. The van der Waals surface area contributed by atoms with Crippen LogP contribution in [0.4, 0.5) is 5.69 Å². The molecule has 2 aromatic carbocycles. The van der Waals surface area contributed by atoms with Gasteiger partial charge in [0.25, 0.3) is 11.8 Å². The minimum Gasteiger partial charge on any atom is -0.493 e. The molecule has 0 aromatic heterocycles. The number of anilines is 1. The summed E-state index contributed by atoms with van der Waals surface area (Å²) in [5.74, 6) is 0.294. The molecule has 0 unspecified atom stereocenters. The second kappa shape index (κ2) is 9.41. The molecule has 27 heavy (non-hydrogen) atoms. The lowest BCUT2D eigenvalue weighted by Crippen LogP contribution is -2.34. The second-order valence-electron chi connectivity index (χ2n) is 6.29. The summed E-state index contributed by atoms with van der Waals surface area (Å²) in [6.07, 6.45) is 0. The SMILES string of the molecule is COc1cc(C(=O)Nc2ccc(Br)cc2C)ccc1OCC(=O)NC(C)C. The molecular weight excluding hydrogens is 412 g/mol. The van der Waals surface area contributed by atoms with E-state index in [1.165, 1.54) is 7.11 Å². The zero-order valence-corrected chi connectivity index (χ0v) is 17.3. The highest BCUT2D eigenvalue weighted by Gasteiger charge is 2.14. The molecule has 6 nitrogen and oxygen atoms in total. The third kappa shape index (κ3) is 5.99. The van der Waals surface area contributed by atoms with E-state index < -0.39 is 0 Å². The Labute approximate surface area is 167 Å². The summed E-state index contributed by atoms with van der Waals surface area (Å²) >= 11 is 3.40. The number of hydrogen-bond acceptors (Lipinski definition) is 4. The number of hydrogen-bond donors (Lipinski definition) is 2. The fourth-order valence-corrected chi connectivity index (χ4v) is 2.87. The molecule has 0 saturated heterocycles. The number of methoxy groups -OCH3 is 1. The van der Waals surface area contributed by atoms with E-state index in [9.17, 15) is 9.59 Å². The maximum atomic E-state index is 12.5. The van der Waals surface area contributed by atoms with Gasteiger partial charge in [0.15, 0.2) is 18.1 Å². The first-order valence-electron chi connectivity index (χ1n) is 8.48. The van der Waals surface area contributed by atoms with Crippen LogP contribution in [0.25, 0.3) is 0 Å². The summed E-state index contributed by atoms with van der Waals surface area (Å²) in [4.78, 5) is 24.3. The third-order valence-electron chi connectivity index (χ3n) is 3.67. The lowest BCUT2D eigenvalue weighted by Gasteiger charge is -2.14. The highest BCUT2D eigenvalue weighted by molar-refractivity contribution is 9.10. The van der Waals surface area contributed by atoms with Crippen LogP contribution in [0.1, 0.15) is 29.8 Å². The van der Waals surface area contributed by atoms with Crippen molar-refractivity contribution in [1.82, 2.24) is 5.32 Å². The fourth-order valence-electron chi connectivity index (χ4n) is 2.40. The number of ether oxygens (including phenoxy) is 2. The van der Waals surface area contributed by atoms with Crippen molar-refractivity contribution in [1.29, 1.82) is 0 Å². The minimum atomic E-state index is -0.261. The zero-order valence-electron chi connectivity index (χ0n) is 15.8. The average molecular weight is 435 g/mol. The van der Waals surface area contributed by atoms with Crippen LogP contribution in [-0.2, 0) is 4.79 Å². The third-order valence-corrected chi connectivity index (χ3v) is 4.16. The minimum absolute atomic E-state index is 0.0381. The number of aryl methyl sites for hydroxylation is 1. The maximum absolute atomic E-state index is 12.5. The number of carbonyl (C=O) groups excluding carboxylic acids is 2. The Morgan fingerprint density at radius 2 is 1.85 bits per heavy atom. The molecule has 0 fully saturated rings. The summed E-state index contributed by atoms with van der Waals surface area (Å²) < 4.78 is 11.7. The smallest absolute Gasteiger partial charge is 0.258 e. The molecule has 0 aliphatic heterocycles. The summed E-state index contributed by atoms with van der Waals surface area (Å²) in [7, 11) is 1.48. The highest BCUT2D eigenvalue weighted by atomic mass is 79.9. The predicted octanol–water partition coefficient (Wildman–Crippen LogP) is 3.92. The molecule has 0 spiro atoms. The Bertz CT molecular complexity index is 837. The average Bonchev–Trinajstić information content (AvgIpc) is 2.61. The molecule has 0 heterocycles. The first-order chi connectivity index (χ1) is 12.8. The van der Waals surface area contributed by atoms with Crippen molar-refractivity contribution >= 4 is 33.4 Å². The molecule has 7 heteroatoms. The largest absolute Gasteiger partial charge is 0.493 e. The van der Waals surface area contributed by atoms with Gasteiger partial charge >= 0.3 is 0 Å². The monoisotopic (exact) mass is 434 g/mol. The normalized spacial score (nSPS) is 10.4. The second-order valence-corrected chi connectivity index (χ2v) is 7.21. The van der Waals surface area contributed by atoms with E-state index in [1.54, 1.807) is 18.2 Å². The number of amides is 2. The van der Waals surface area contributed by atoms with E-state index in [1.807, 2.05) is 39.0 Å². The lowest BCUT2D eigenvalue weighted by molar-refractivity contribution is -0.123. The van der Waals surface area contributed by atoms with E-state index in [4.69, 9.17) is 9.47 Å². The molecule has 0 aliphatic carbocycles. The molecule has 0 atom stereocenters. The number of nitrogens with one attached hydrogen (secondary N) is 2. The van der Waals surface area contributed by atoms with E-state index in [0.717, 1.165) is 15.7 Å². The summed E-state index contributed by atoms with van der Waals surface area (Å²) in [6, 6.07) is 10.5. The van der Waals surface area contributed by atoms with Gasteiger partial charge in [-0.2, -0.15) is 0 Å². The van der Waals surface area contributed by atoms with Crippen LogP contribution in [0.5, 0.6) is 11.5 Å². The van der Waals surface area contributed by atoms with Crippen molar-refractivity contribution < 1.29 is 19.1 Å². The first-order valence-corrected chi connectivity index (χ1v) is 9.27. The van der Waals surface area contributed by atoms with Crippen LogP contribution in [0.2, 0.25) is 0 Å². The van der Waals surface area contributed by atoms with Crippen molar-refractivity contribution in [2.24, 2.45) is 0 Å². The Morgan fingerprint density at radius 1 is 1.11 bits per heavy atom. The molecule has 2 amide bonds. The number of halogens is 1. The van der Waals surface area contributed by atoms with E-state index >= 15 is 0 Å². The molecule has 144 valence electrons. The van der Waals surface area contributed by atoms with Crippen LogP contribution >= 0.6 is 15.9 Å². The van der Waals surface area contributed by atoms with Gasteiger partial charge in [0.1, 0.15) is 0 Å². The topological polar surface area (TPSA) is 76.7 Å². The Hall–Kier alpha value is -2.54. The van der Waals surface area contributed by atoms with Gasteiger partial charge in [0.05, 0.1) is 7.11 Å². The Morgan fingerprint density at radius 3 is 2.48 bits per heavy atom. The predicted molar refractivity (Wildman–Crippen MR) is 109 cm³/mol. The van der Waals surface area contributed by atoms with Gasteiger partial charge in [-0.3, -0.25) is 9.59 Å². The van der Waals surface area contributed by atoms with Gasteiger partial charge in [0.2, 0.25) is 0 Å². The van der Waals surface area contributed by atoms with Gasteiger partial charge in [-0.15, -0.1) is 0 Å². The van der Waals surface area contributed by atoms with E-state index in [0.29, 0.717) is 17.1 Å². The Kier molecular flexibility index (Phi) is 7.24. The van der Waals surface area contributed by atoms with Gasteiger partial charge in [0, 0.05) is 21.8 Å². The van der Waals surface area contributed by atoms with Crippen molar-refractivity contribution in [2.75, 3.05) is 19.0 Å². The summed E-state index contributed by atoms with van der Waals surface area (Å²) in [6.45, 7) is 5.54. The molecular formula is C20H23BrN2O4. The van der Waals surface area contributed by atoms with Gasteiger partial charge in [-0.1, -0.05) is 15.9 Å². The zero-order chi connectivity index (χ0) is 20.0. The molecule has 2 N–H and O–H groups in total. The first kappa shape index (κ1) is 20.8. The van der Waals surface area contributed by atoms with Crippen molar-refractivity contribution in [2.45, 2.75) is 26.8 Å². The quantitative estimate of drug-likeness (QED) is 0.691. The maximum Gasteiger partial charge on any atom is 0.258 e. The number of carbonyl (C=O) groups is 2. The molecule has 0 bridgehead atoms. The van der Waals surface area contributed by atoms with Crippen molar-refractivity contribution in [3.63, 3.8) is 0 Å². The van der Waals surface area contributed by atoms with E-state index in [-0.39, 0.29) is 24.5 Å². The van der Waals surface area contributed by atoms with E-state index in [2.05, 4.69) is 26.6 Å². The van der Waals surface area contributed by atoms with Crippen LogP contribution in [0, 0.1) is 6.92 Å². The molecule has 2 rings (SSSR count). The molecule has 0 saturated carbocycles. The Balaban J connectivity index is 2.10. The molecule has 0 radical (unpaired) electrons.